The van der Waals surface area contributed by atoms with E-state index >= 15 is 0 Å². The van der Waals surface area contributed by atoms with E-state index in [1.54, 1.807) is 18.3 Å². The standard InChI is InChI=1S/C18H23N5O3/c1-21(2)18(9-3-4-10-18)13-19-17(24)14-11-20-22(12-14)15-5-7-16(8-6-15)23(25)26/h5-8,11-12H,3-4,9-10,13H2,1-2H3,(H,19,24). The topological polar surface area (TPSA) is 93.3 Å². The molecule has 0 bridgehead atoms. The molecule has 138 valence electrons. The summed E-state index contributed by atoms with van der Waals surface area (Å²) in [5.74, 6) is -0.161. The minimum absolute atomic E-state index is 0.0180. The van der Waals surface area contributed by atoms with Gasteiger partial charge in [0, 0.05) is 30.4 Å². The molecule has 1 amide bonds. The summed E-state index contributed by atoms with van der Waals surface area (Å²) in [4.78, 5) is 25.0. The van der Waals surface area contributed by atoms with Crippen molar-refractivity contribution in [3.63, 3.8) is 0 Å². The van der Waals surface area contributed by atoms with Gasteiger partial charge in [-0.25, -0.2) is 4.68 Å². The molecule has 0 spiro atoms. The second-order valence-corrected chi connectivity index (χ2v) is 6.96. The number of nitrogens with zero attached hydrogens (tertiary/aromatic N) is 4. The van der Waals surface area contributed by atoms with E-state index in [0.717, 1.165) is 12.8 Å². The Morgan fingerprint density at radius 3 is 2.54 bits per heavy atom. The molecule has 1 N–H and O–H groups in total. The Kier molecular flexibility index (Phi) is 5.03. The average molecular weight is 357 g/mol. The molecule has 1 aliphatic carbocycles. The van der Waals surface area contributed by atoms with E-state index < -0.39 is 4.92 Å². The molecule has 0 aliphatic heterocycles. The molecule has 26 heavy (non-hydrogen) atoms. The lowest BCUT2D eigenvalue weighted by Crippen LogP contribution is -2.50. The largest absolute Gasteiger partial charge is 0.350 e. The normalized spacial score (nSPS) is 16.0. The molecule has 8 nitrogen and oxygen atoms in total. The summed E-state index contributed by atoms with van der Waals surface area (Å²) < 4.78 is 1.54. The van der Waals surface area contributed by atoms with Gasteiger partial charge in [0.15, 0.2) is 0 Å². The molecular formula is C18H23N5O3. The van der Waals surface area contributed by atoms with E-state index in [4.69, 9.17) is 0 Å². The first kappa shape index (κ1) is 18.1. The second-order valence-electron chi connectivity index (χ2n) is 6.96. The first-order chi connectivity index (χ1) is 12.4. The minimum Gasteiger partial charge on any atom is -0.350 e. The van der Waals surface area contributed by atoms with E-state index in [1.807, 2.05) is 0 Å². The maximum Gasteiger partial charge on any atom is 0.269 e. The van der Waals surface area contributed by atoms with Crippen LogP contribution in [0.2, 0.25) is 0 Å². The number of aromatic nitrogens is 2. The number of rotatable bonds is 6. The number of benzene rings is 1. The van der Waals surface area contributed by atoms with Gasteiger partial charge in [-0.05, 0) is 39.1 Å². The van der Waals surface area contributed by atoms with Crippen LogP contribution in [-0.2, 0) is 0 Å². The molecule has 0 unspecified atom stereocenters. The van der Waals surface area contributed by atoms with Gasteiger partial charge in [0.05, 0.1) is 22.4 Å². The molecule has 0 atom stereocenters. The Balaban J connectivity index is 1.67. The number of hydrogen-bond donors (Lipinski definition) is 1. The summed E-state index contributed by atoms with van der Waals surface area (Å²) in [6.45, 7) is 0.613. The monoisotopic (exact) mass is 357 g/mol. The number of amides is 1. The lowest BCUT2D eigenvalue weighted by molar-refractivity contribution is -0.384. The molecule has 1 aliphatic rings. The third kappa shape index (κ3) is 3.60. The van der Waals surface area contributed by atoms with Crippen LogP contribution in [0.1, 0.15) is 36.0 Å². The number of hydrogen-bond acceptors (Lipinski definition) is 5. The predicted octanol–water partition coefficient (Wildman–Crippen LogP) is 2.38. The van der Waals surface area contributed by atoms with Gasteiger partial charge in [-0.2, -0.15) is 5.10 Å². The highest BCUT2D eigenvalue weighted by molar-refractivity contribution is 5.93. The van der Waals surface area contributed by atoms with Gasteiger partial charge in [0.1, 0.15) is 0 Å². The summed E-state index contributed by atoms with van der Waals surface area (Å²) in [7, 11) is 4.12. The SMILES string of the molecule is CN(C)C1(CNC(=O)c2cnn(-c3ccc([N+](=O)[O-])cc3)c2)CCCC1. The number of likely N-dealkylation sites (N-methyl/N-ethyl adjacent to an activating group) is 1. The fraction of sp³-hybridized carbons (Fsp3) is 0.444. The van der Waals surface area contributed by atoms with Gasteiger partial charge < -0.3 is 10.2 Å². The summed E-state index contributed by atoms with van der Waals surface area (Å²) >= 11 is 0. The number of nitro benzene ring substituents is 1. The third-order valence-electron chi connectivity index (χ3n) is 5.23. The first-order valence-electron chi connectivity index (χ1n) is 8.66. The number of nitro groups is 1. The van der Waals surface area contributed by atoms with Crippen LogP contribution in [-0.4, -0.2) is 51.7 Å². The number of nitrogens with one attached hydrogen (secondary N) is 1. The van der Waals surface area contributed by atoms with Crippen LogP contribution in [0.3, 0.4) is 0 Å². The van der Waals surface area contributed by atoms with Crippen LogP contribution in [0.25, 0.3) is 5.69 Å². The molecule has 1 fully saturated rings. The lowest BCUT2D eigenvalue weighted by Gasteiger charge is -2.36. The summed E-state index contributed by atoms with van der Waals surface area (Å²) in [6, 6.07) is 6.04. The van der Waals surface area contributed by atoms with Crippen molar-refractivity contribution in [2.45, 2.75) is 31.2 Å². The molecule has 0 saturated heterocycles. The maximum absolute atomic E-state index is 12.5. The van der Waals surface area contributed by atoms with Crippen molar-refractivity contribution in [3.05, 3.63) is 52.3 Å². The van der Waals surface area contributed by atoms with Crippen molar-refractivity contribution in [3.8, 4) is 5.69 Å². The zero-order chi connectivity index (χ0) is 18.7. The van der Waals surface area contributed by atoms with Crippen molar-refractivity contribution in [1.29, 1.82) is 0 Å². The maximum atomic E-state index is 12.5. The zero-order valence-electron chi connectivity index (χ0n) is 15.0. The van der Waals surface area contributed by atoms with Gasteiger partial charge in [-0.3, -0.25) is 14.9 Å². The summed E-state index contributed by atoms with van der Waals surface area (Å²) in [5, 5.41) is 17.9. The van der Waals surface area contributed by atoms with Crippen LogP contribution in [0.15, 0.2) is 36.7 Å². The number of non-ortho nitro benzene ring substituents is 1. The van der Waals surface area contributed by atoms with Crippen molar-refractivity contribution < 1.29 is 9.72 Å². The Hall–Kier alpha value is -2.74. The lowest BCUT2D eigenvalue weighted by atomic mass is 9.96. The summed E-state index contributed by atoms with van der Waals surface area (Å²) in [5.41, 5.74) is 1.18. The van der Waals surface area contributed by atoms with Crippen molar-refractivity contribution >= 4 is 11.6 Å². The van der Waals surface area contributed by atoms with Gasteiger partial charge in [-0.1, -0.05) is 12.8 Å². The molecule has 1 aromatic heterocycles. The van der Waals surface area contributed by atoms with E-state index in [1.165, 1.54) is 35.9 Å². The van der Waals surface area contributed by atoms with Crippen molar-refractivity contribution in [2.24, 2.45) is 0 Å². The van der Waals surface area contributed by atoms with E-state index in [-0.39, 0.29) is 17.1 Å². The molecular weight excluding hydrogens is 334 g/mol. The van der Waals surface area contributed by atoms with Gasteiger partial charge in [-0.15, -0.1) is 0 Å². The third-order valence-corrected chi connectivity index (χ3v) is 5.23. The van der Waals surface area contributed by atoms with Gasteiger partial charge in [0.25, 0.3) is 11.6 Å². The van der Waals surface area contributed by atoms with Crippen LogP contribution < -0.4 is 5.32 Å². The van der Waals surface area contributed by atoms with E-state index in [2.05, 4.69) is 29.4 Å². The highest BCUT2D eigenvalue weighted by Crippen LogP contribution is 2.33. The predicted molar refractivity (Wildman–Crippen MR) is 97.4 cm³/mol. The molecule has 3 rings (SSSR count). The molecule has 0 radical (unpaired) electrons. The zero-order valence-corrected chi connectivity index (χ0v) is 15.0. The molecule has 8 heteroatoms. The van der Waals surface area contributed by atoms with E-state index in [0.29, 0.717) is 17.8 Å². The Bertz CT molecular complexity index is 791. The molecule has 1 saturated carbocycles. The Morgan fingerprint density at radius 2 is 1.96 bits per heavy atom. The Morgan fingerprint density at radius 1 is 1.31 bits per heavy atom. The molecule has 1 aromatic carbocycles. The fourth-order valence-electron chi connectivity index (χ4n) is 3.47. The first-order valence-corrected chi connectivity index (χ1v) is 8.66. The number of carbonyl (C=O) groups is 1. The smallest absolute Gasteiger partial charge is 0.269 e. The van der Waals surface area contributed by atoms with Crippen LogP contribution in [0.5, 0.6) is 0 Å². The molecule has 1 heterocycles. The number of carbonyl (C=O) groups excluding carboxylic acids is 1. The fourth-order valence-corrected chi connectivity index (χ4v) is 3.47. The average Bonchev–Trinajstić information content (AvgIpc) is 3.30. The second kappa shape index (κ2) is 7.25. The van der Waals surface area contributed by atoms with E-state index in [9.17, 15) is 14.9 Å². The highest BCUT2D eigenvalue weighted by atomic mass is 16.6. The highest BCUT2D eigenvalue weighted by Gasteiger charge is 2.36. The summed E-state index contributed by atoms with van der Waals surface area (Å²) in [6.07, 6.45) is 7.68. The van der Waals surface area contributed by atoms with Gasteiger partial charge in [0.2, 0.25) is 0 Å². The minimum atomic E-state index is -0.449. The molecule has 2 aromatic rings. The van der Waals surface area contributed by atoms with Crippen LogP contribution >= 0.6 is 0 Å². The van der Waals surface area contributed by atoms with Crippen LogP contribution in [0, 0.1) is 10.1 Å². The van der Waals surface area contributed by atoms with Crippen LogP contribution in [0.4, 0.5) is 5.69 Å². The van der Waals surface area contributed by atoms with Crippen molar-refractivity contribution in [1.82, 2.24) is 20.0 Å². The Labute approximate surface area is 151 Å². The van der Waals surface area contributed by atoms with Crippen molar-refractivity contribution in [2.75, 3.05) is 20.6 Å². The van der Waals surface area contributed by atoms with Gasteiger partial charge >= 0.3 is 0 Å². The quantitative estimate of drug-likeness (QED) is 0.633.